The highest BCUT2D eigenvalue weighted by atomic mass is 16.4. The van der Waals surface area contributed by atoms with Crippen molar-refractivity contribution in [3.63, 3.8) is 0 Å². The predicted octanol–water partition coefficient (Wildman–Crippen LogP) is 2.46. The molecule has 5 heteroatoms. The Labute approximate surface area is 123 Å². The van der Waals surface area contributed by atoms with Crippen LogP contribution in [0.3, 0.4) is 0 Å². The maximum Gasteiger partial charge on any atom is 0.335 e. The molecule has 0 spiro atoms. The van der Waals surface area contributed by atoms with Crippen molar-refractivity contribution in [1.29, 1.82) is 0 Å². The maximum absolute atomic E-state index is 11.1. The average molecular weight is 288 g/mol. The van der Waals surface area contributed by atoms with Crippen LogP contribution in [0.2, 0.25) is 0 Å². The minimum Gasteiger partial charge on any atom is -0.478 e. The SMILES string of the molecule is CCc1nc2cc(C(=O)O)ccc2n1CC1CCCC1O. The lowest BCUT2D eigenvalue weighted by atomic mass is 10.1. The molecule has 1 aromatic carbocycles. The number of hydrogen-bond donors (Lipinski definition) is 2. The molecule has 112 valence electrons. The van der Waals surface area contributed by atoms with Crippen LogP contribution in [0, 0.1) is 5.92 Å². The molecule has 1 fully saturated rings. The molecule has 2 N–H and O–H groups in total. The molecule has 21 heavy (non-hydrogen) atoms. The van der Waals surface area contributed by atoms with Gasteiger partial charge in [-0.2, -0.15) is 0 Å². The number of carbonyl (C=O) groups is 1. The third-order valence-electron chi connectivity index (χ3n) is 4.43. The Balaban J connectivity index is 2.01. The molecule has 1 saturated carbocycles. The lowest BCUT2D eigenvalue weighted by molar-refractivity contribution is 0.0697. The number of carboxylic acids is 1. The fraction of sp³-hybridized carbons (Fsp3) is 0.500. The van der Waals surface area contributed by atoms with Gasteiger partial charge in [0, 0.05) is 18.9 Å². The number of carboxylic acid groups (broad SMARTS) is 1. The second-order valence-corrected chi connectivity index (χ2v) is 5.76. The van der Waals surface area contributed by atoms with Crippen molar-refractivity contribution in [2.75, 3.05) is 0 Å². The van der Waals surface area contributed by atoms with Gasteiger partial charge in [0.2, 0.25) is 0 Å². The van der Waals surface area contributed by atoms with Crippen LogP contribution in [0.25, 0.3) is 11.0 Å². The summed E-state index contributed by atoms with van der Waals surface area (Å²) >= 11 is 0. The Morgan fingerprint density at radius 1 is 1.43 bits per heavy atom. The van der Waals surface area contributed by atoms with Gasteiger partial charge in [-0.15, -0.1) is 0 Å². The summed E-state index contributed by atoms with van der Waals surface area (Å²) in [4.78, 5) is 15.6. The zero-order valence-electron chi connectivity index (χ0n) is 12.1. The lowest BCUT2D eigenvalue weighted by Gasteiger charge is -2.17. The van der Waals surface area contributed by atoms with E-state index in [0.29, 0.717) is 0 Å². The van der Waals surface area contributed by atoms with Crippen LogP contribution in [-0.2, 0) is 13.0 Å². The quantitative estimate of drug-likeness (QED) is 0.906. The van der Waals surface area contributed by atoms with E-state index in [0.717, 1.165) is 49.1 Å². The molecule has 1 aromatic heterocycles. The maximum atomic E-state index is 11.1. The molecule has 0 radical (unpaired) electrons. The zero-order valence-corrected chi connectivity index (χ0v) is 12.1. The van der Waals surface area contributed by atoms with Gasteiger partial charge in [-0.25, -0.2) is 9.78 Å². The monoisotopic (exact) mass is 288 g/mol. The molecule has 0 amide bonds. The smallest absolute Gasteiger partial charge is 0.335 e. The standard InChI is InChI=1S/C16H20N2O3/c1-2-15-17-12-8-10(16(20)21)6-7-13(12)18(15)9-11-4-3-5-14(11)19/h6-8,11,14,19H,2-5,9H2,1H3,(H,20,21). The normalized spacial score (nSPS) is 22.0. The lowest BCUT2D eigenvalue weighted by Crippen LogP contribution is -2.20. The van der Waals surface area contributed by atoms with Crippen molar-refractivity contribution < 1.29 is 15.0 Å². The van der Waals surface area contributed by atoms with Gasteiger partial charge >= 0.3 is 5.97 Å². The van der Waals surface area contributed by atoms with Gasteiger partial charge < -0.3 is 14.8 Å². The van der Waals surface area contributed by atoms with E-state index in [1.165, 1.54) is 0 Å². The number of aromatic carboxylic acids is 1. The first-order valence-corrected chi connectivity index (χ1v) is 7.50. The van der Waals surface area contributed by atoms with Crippen LogP contribution < -0.4 is 0 Å². The van der Waals surface area contributed by atoms with E-state index in [9.17, 15) is 9.90 Å². The highest BCUT2D eigenvalue weighted by Gasteiger charge is 2.26. The molecule has 3 rings (SSSR count). The number of aliphatic hydroxyl groups excluding tert-OH is 1. The number of rotatable bonds is 4. The summed E-state index contributed by atoms with van der Waals surface area (Å²) in [5, 5.41) is 19.1. The van der Waals surface area contributed by atoms with Crippen LogP contribution in [0.5, 0.6) is 0 Å². The molecule has 2 unspecified atom stereocenters. The van der Waals surface area contributed by atoms with Gasteiger partial charge in [0.25, 0.3) is 0 Å². The van der Waals surface area contributed by atoms with Crippen molar-refractivity contribution >= 4 is 17.0 Å². The van der Waals surface area contributed by atoms with Crippen molar-refractivity contribution in [2.24, 2.45) is 5.92 Å². The van der Waals surface area contributed by atoms with Crippen LogP contribution >= 0.6 is 0 Å². The molecule has 2 atom stereocenters. The van der Waals surface area contributed by atoms with Crippen LogP contribution in [-0.4, -0.2) is 31.8 Å². The number of nitrogens with zero attached hydrogens (tertiary/aromatic N) is 2. The summed E-state index contributed by atoms with van der Waals surface area (Å²) in [7, 11) is 0. The summed E-state index contributed by atoms with van der Waals surface area (Å²) in [6.07, 6.45) is 3.55. The van der Waals surface area contributed by atoms with Gasteiger partial charge in [0.1, 0.15) is 5.82 Å². The fourth-order valence-electron chi connectivity index (χ4n) is 3.25. The molecule has 5 nitrogen and oxygen atoms in total. The number of benzene rings is 1. The molecule has 0 bridgehead atoms. The third-order valence-corrected chi connectivity index (χ3v) is 4.43. The second kappa shape index (κ2) is 5.48. The summed E-state index contributed by atoms with van der Waals surface area (Å²) in [5.74, 6) is 0.286. The highest BCUT2D eigenvalue weighted by molar-refractivity contribution is 5.92. The molecule has 0 saturated heterocycles. The van der Waals surface area contributed by atoms with Crippen LogP contribution in [0.4, 0.5) is 0 Å². The summed E-state index contributed by atoms with van der Waals surface area (Å²) in [6.45, 7) is 2.80. The Hall–Kier alpha value is -1.88. The number of aromatic nitrogens is 2. The van der Waals surface area contributed by atoms with Gasteiger partial charge in [0.05, 0.1) is 22.7 Å². The molecule has 0 aliphatic heterocycles. The van der Waals surface area contributed by atoms with Crippen molar-refractivity contribution in [2.45, 2.75) is 45.3 Å². The number of imidazole rings is 1. The van der Waals surface area contributed by atoms with E-state index in [1.807, 2.05) is 13.0 Å². The van der Waals surface area contributed by atoms with E-state index < -0.39 is 5.97 Å². The molecular weight excluding hydrogens is 268 g/mol. The van der Waals surface area contributed by atoms with Gasteiger partial charge in [-0.1, -0.05) is 13.3 Å². The first-order valence-electron chi connectivity index (χ1n) is 7.50. The molecule has 1 aliphatic rings. The topological polar surface area (TPSA) is 75.3 Å². The predicted molar refractivity (Wildman–Crippen MR) is 79.4 cm³/mol. The van der Waals surface area contributed by atoms with Crippen molar-refractivity contribution in [3.05, 3.63) is 29.6 Å². The van der Waals surface area contributed by atoms with E-state index in [4.69, 9.17) is 5.11 Å². The average Bonchev–Trinajstić information content (AvgIpc) is 3.03. The Morgan fingerprint density at radius 2 is 2.24 bits per heavy atom. The summed E-state index contributed by atoms with van der Waals surface area (Å²) < 4.78 is 2.14. The zero-order chi connectivity index (χ0) is 15.0. The first-order chi connectivity index (χ1) is 10.1. The van der Waals surface area contributed by atoms with E-state index in [2.05, 4.69) is 9.55 Å². The second-order valence-electron chi connectivity index (χ2n) is 5.76. The fourth-order valence-corrected chi connectivity index (χ4v) is 3.25. The summed E-state index contributed by atoms with van der Waals surface area (Å²) in [5.41, 5.74) is 1.94. The number of hydrogen-bond acceptors (Lipinski definition) is 3. The Bertz CT molecular complexity index is 677. The van der Waals surface area contributed by atoms with Gasteiger partial charge in [-0.05, 0) is 31.0 Å². The van der Waals surface area contributed by atoms with E-state index in [-0.39, 0.29) is 17.6 Å². The minimum absolute atomic E-state index is 0.231. The van der Waals surface area contributed by atoms with E-state index >= 15 is 0 Å². The first kappa shape index (κ1) is 14.1. The molecule has 1 aliphatic carbocycles. The number of aryl methyl sites for hydroxylation is 1. The molecular formula is C16H20N2O3. The number of fused-ring (bicyclic) bond motifs is 1. The Kier molecular flexibility index (Phi) is 3.68. The summed E-state index contributed by atoms with van der Waals surface area (Å²) in [6, 6.07) is 5.07. The van der Waals surface area contributed by atoms with Crippen molar-refractivity contribution in [3.8, 4) is 0 Å². The minimum atomic E-state index is -0.935. The number of aliphatic hydroxyl groups is 1. The van der Waals surface area contributed by atoms with Gasteiger partial charge in [-0.3, -0.25) is 0 Å². The highest BCUT2D eigenvalue weighted by Crippen LogP contribution is 2.29. The van der Waals surface area contributed by atoms with Gasteiger partial charge in [0.15, 0.2) is 0 Å². The van der Waals surface area contributed by atoms with Crippen molar-refractivity contribution in [1.82, 2.24) is 9.55 Å². The largest absolute Gasteiger partial charge is 0.478 e. The van der Waals surface area contributed by atoms with E-state index in [1.54, 1.807) is 12.1 Å². The molecule has 1 heterocycles. The van der Waals surface area contributed by atoms with Crippen LogP contribution in [0.15, 0.2) is 18.2 Å². The van der Waals surface area contributed by atoms with Crippen LogP contribution in [0.1, 0.15) is 42.4 Å². The molecule has 2 aromatic rings. The third kappa shape index (κ3) is 2.53. The Morgan fingerprint density at radius 3 is 2.86 bits per heavy atom.